The predicted octanol–water partition coefficient (Wildman–Crippen LogP) is 3.19. The van der Waals surface area contributed by atoms with E-state index in [0.29, 0.717) is 5.92 Å². The van der Waals surface area contributed by atoms with Gasteiger partial charge in [-0.05, 0) is 62.2 Å². The van der Waals surface area contributed by atoms with Crippen molar-refractivity contribution in [2.75, 3.05) is 0 Å². The van der Waals surface area contributed by atoms with Crippen LogP contribution in [0.2, 0.25) is 0 Å². The van der Waals surface area contributed by atoms with Crippen LogP contribution in [0.4, 0.5) is 0 Å². The van der Waals surface area contributed by atoms with E-state index in [1.165, 1.54) is 38.5 Å². The van der Waals surface area contributed by atoms with E-state index in [2.05, 4.69) is 0 Å². The number of rotatable bonds is 2. The molecule has 0 spiro atoms. The maximum absolute atomic E-state index is 10.8. The number of hydrogen-bond acceptors (Lipinski definition) is 3. The third-order valence-corrected chi connectivity index (χ3v) is 6.19. The minimum Gasteiger partial charge on any atom is -0.264 e. The molecule has 5 atom stereocenters. The fraction of sp³-hybridized carbons (Fsp3) is 1.00. The van der Waals surface area contributed by atoms with Gasteiger partial charge in [-0.3, -0.25) is 4.55 Å². The highest BCUT2D eigenvalue weighted by Crippen LogP contribution is 2.51. The largest absolute Gasteiger partial charge is 0.397 e. The lowest BCUT2D eigenvalue weighted by atomic mass is 9.57. The van der Waals surface area contributed by atoms with Crippen LogP contribution in [0, 0.1) is 23.7 Å². The van der Waals surface area contributed by atoms with Crippen molar-refractivity contribution >= 4 is 10.4 Å². The molecule has 5 heteroatoms. The zero-order chi connectivity index (χ0) is 13.5. The second-order valence-electron chi connectivity index (χ2n) is 6.67. The summed E-state index contributed by atoms with van der Waals surface area (Å²) in [6.45, 7) is 0. The van der Waals surface area contributed by atoms with Crippen LogP contribution in [0.5, 0.6) is 0 Å². The fourth-order valence-electron chi connectivity index (χ4n) is 4.99. The monoisotopic (exact) mass is 288 g/mol. The van der Waals surface area contributed by atoms with E-state index in [0.717, 1.165) is 37.0 Å². The van der Waals surface area contributed by atoms with Gasteiger partial charge in [0.15, 0.2) is 0 Å². The maximum atomic E-state index is 10.8. The van der Waals surface area contributed by atoms with Gasteiger partial charge in [-0.2, -0.15) is 8.42 Å². The summed E-state index contributed by atoms with van der Waals surface area (Å²) in [7, 11) is -4.28. The second-order valence-corrected chi connectivity index (χ2v) is 7.72. The summed E-state index contributed by atoms with van der Waals surface area (Å²) in [5.74, 6) is 3.19. The standard InChI is InChI=1S/C14H24O4S/c15-19(16,17)18-12-7-8-14-11(9-12)6-5-10-3-1-2-4-13(10)14/h10-14H,1-9H2,(H,15,16,17). The van der Waals surface area contributed by atoms with Crippen LogP contribution in [0.25, 0.3) is 0 Å². The minimum absolute atomic E-state index is 0.295. The van der Waals surface area contributed by atoms with Crippen molar-refractivity contribution in [1.82, 2.24) is 0 Å². The Hall–Kier alpha value is -0.130. The SMILES string of the molecule is O=S(=O)(O)OC1CCC2C(CCC3CCCCC32)C1. The molecule has 0 saturated heterocycles. The Bertz CT molecular complexity index is 419. The normalized spacial score (nSPS) is 43.3. The van der Waals surface area contributed by atoms with E-state index >= 15 is 0 Å². The van der Waals surface area contributed by atoms with Gasteiger partial charge in [0.2, 0.25) is 0 Å². The summed E-state index contributed by atoms with van der Waals surface area (Å²) >= 11 is 0. The van der Waals surface area contributed by atoms with Gasteiger partial charge in [0.1, 0.15) is 0 Å². The topological polar surface area (TPSA) is 63.6 Å². The average molecular weight is 288 g/mol. The predicted molar refractivity (Wildman–Crippen MR) is 71.9 cm³/mol. The Kier molecular flexibility index (Phi) is 3.89. The summed E-state index contributed by atoms with van der Waals surface area (Å²) < 4.78 is 35.2. The molecule has 0 aromatic carbocycles. The first-order valence-electron chi connectivity index (χ1n) is 7.68. The minimum atomic E-state index is -4.28. The Labute approximate surface area is 115 Å². The van der Waals surface area contributed by atoms with Crippen molar-refractivity contribution in [3.63, 3.8) is 0 Å². The van der Waals surface area contributed by atoms with Gasteiger partial charge in [0.25, 0.3) is 0 Å². The average Bonchev–Trinajstić information content (AvgIpc) is 2.36. The van der Waals surface area contributed by atoms with Crippen molar-refractivity contribution in [2.45, 2.75) is 63.9 Å². The molecule has 0 amide bonds. The lowest BCUT2D eigenvalue weighted by molar-refractivity contribution is -0.0104. The van der Waals surface area contributed by atoms with E-state index in [4.69, 9.17) is 8.74 Å². The lowest BCUT2D eigenvalue weighted by Gasteiger charge is -2.49. The van der Waals surface area contributed by atoms with Gasteiger partial charge < -0.3 is 0 Å². The molecule has 3 fully saturated rings. The number of fused-ring (bicyclic) bond motifs is 3. The van der Waals surface area contributed by atoms with Gasteiger partial charge in [-0.1, -0.05) is 19.3 Å². The van der Waals surface area contributed by atoms with E-state index in [9.17, 15) is 8.42 Å². The fourth-order valence-corrected chi connectivity index (χ4v) is 5.50. The van der Waals surface area contributed by atoms with Crippen LogP contribution in [0.3, 0.4) is 0 Å². The van der Waals surface area contributed by atoms with Crippen LogP contribution in [-0.2, 0) is 14.6 Å². The van der Waals surface area contributed by atoms with Crippen molar-refractivity contribution in [1.29, 1.82) is 0 Å². The summed E-state index contributed by atoms with van der Waals surface area (Å²) in [4.78, 5) is 0. The van der Waals surface area contributed by atoms with Crippen molar-refractivity contribution < 1.29 is 17.2 Å². The molecule has 0 aliphatic heterocycles. The van der Waals surface area contributed by atoms with Gasteiger partial charge in [0.05, 0.1) is 6.10 Å². The van der Waals surface area contributed by atoms with Gasteiger partial charge >= 0.3 is 10.4 Å². The third kappa shape index (κ3) is 3.14. The van der Waals surface area contributed by atoms with E-state index in [1.807, 2.05) is 0 Å². The molecule has 0 aromatic rings. The first kappa shape index (κ1) is 13.8. The van der Waals surface area contributed by atoms with Crippen LogP contribution in [0.15, 0.2) is 0 Å². The maximum Gasteiger partial charge on any atom is 0.397 e. The molecule has 3 aliphatic carbocycles. The molecule has 1 N–H and O–H groups in total. The number of hydrogen-bond donors (Lipinski definition) is 1. The highest BCUT2D eigenvalue weighted by atomic mass is 32.3. The van der Waals surface area contributed by atoms with Gasteiger partial charge in [-0.15, -0.1) is 0 Å². The highest BCUT2D eigenvalue weighted by molar-refractivity contribution is 7.80. The summed E-state index contributed by atoms with van der Waals surface area (Å²) in [5.41, 5.74) is 0. The molecule has 3 aliphatic rings. The molecule has 19 heavy (non-hydrogen) atoms. The molecule has 110 valence electrons. The van der Waals surface area contributed by atoms with E-state index in [1.54, 1.807) is 0 Å². The van der Waals surface area contributed by atoms with Crippen molar-refractivity contribution in [2.24, 2.45) is 23.7 Å². The van der Waals surface area contributed by atoms with E-state index in [-0.39, 0.29) is 6.10 Å². The first-order chi connectivity index (χ1) is 9.03. The molecule has 3 rings (SSSR count). The Morgan fingerprint density at radius 3 is 2.32 bits per heavy atom. The van der Waals surface area contributed by atoms with Crippen LogP contribution < -0.4 is 0 Å². The smallest absolute Gasteiger partial charge is 0.264 e. The molecular formula is C14H24O4S. The van der Waals surface area contributed by atoms with Crippen molar-refractivity contribution in [3.05, 3.63) is 0 Å². The van der Waals surface area contributed by atoms with Crippen LogP contribution in [0.1, 0.15) is 57.8 Å². The highest BCUT2D eigenvalue weighted by Gasteiger charge is 2.43. The van der Waals surface area contributed by atoms with Crippen LogP contribution >= 0.6 is 0 Å². The molecule has 0 heterocycles. The Morgan fingerprint density at radius 2 is 1.53 bits per heavy atom. The molecule has 3 saturated carbocycles. The van der Waals surface area contributed by atoms with Gasteiger partial charge in [0, 0.05) is 0 Å². The molecule has 0 aromatic heterocycles. The zero-order valence-electron chi connectivity index (χ0n) is 11.3. The Balaban J connectivity index is 1.64. The quantitative estimate of drug-likeness (QED) is 0.793. The molecule has 0 bridgehead atoms. The summed E-state index contributed by atoms with van der Waals surface area (Å²) in [6, 6.07) is 0. The lowest BCUT2D eigenvalue weighted by Crippen LogP contribution is -2.41. The molecule has 0 radical (unpaired) electrons. The molecule has 5 unspecified atom stereocenters. The molecule has 4 nitrogen and oxygen atoms in total. The summed E-state index contributed by atoms with van der Waals surface area (Å²) in [6.07, 6.45) is 10.4. The summed E-state index contributed by atoms with van der Waals surface area (Å²) in [5, 5.41) is 0. The third-order valence-electron chi connectivity index (χ3n) is 5.68. The van der Waals surface area contributed by atoms with Gasteiger partial charge in [-0.25, -0.2) is 4.18 Å². The second kappa shape index (κ2) is 5.34. The first-order valence-corrected chi connectivity index (χ1v) is 9.05. The van der Waals surface area contributed by atoms with Crippen LogP contribution in [-0.4, -0.2) is 19.1 Å². The van der Waals surface area contributed by atoms with Crippen molar-refractivity contribution in [3.8, 4) is 0 Å². The molecular weight excluding hydrogens is 264 g/mol. The Morgan fingerprint density at radius 1 is 0.842 bits per heavy atom. The van der Waals surface area contributed by atoms with E-state index < -0.39 is 10.4 Å². The zero-order valence-corrected chi connectivity index (χ0v) is 12.1.